The van der Waals surface area contributed by atoms with Gasteiger partial charge in [-0.3, -0.25) is 4.79 Å². The van der Waals surface area contributed by atoms with Crippen LogP contribution in [0.5, 0.6) is 0 Å². The van der Waals surface area contributed by atoms with E-state index in [0.717, 1.165) is 18.2 Å². The Morgan fingerprint density at radius 3 is 2.57 bits per heavy atom. The third-order valence-corrected chi connectivity index (χ3v) is 5.16. The lowest BCUT2D eigenvalue weighted by Crippen LogP contribution is -2.45. The molecule has 1 aliphatic rings. The molecule has 0 spiro atoms. The molecule has 0 radical (unpaired) electrons. The summed E-state index contributed by atoms with van der Waals surface area (Å²) in [6.45, 7) is 0.855. The first-order chi connectivity index (χ1) is 9.79. The number of carbonyl (C=O) groups excluding carboxylic acids is 1. The first kappa shape index (κ1) is 16.3. The van der Waals surface area contributed by atoms with Gasteiger partial charge in [0, 0.05) is 25.2 Å². The fourth-order valence-corrected chi connectivity index (χ4v) is 3.82. The van der Waals surface area contributed by atoms with Crippen molar-refractivity contribution in [3.63, 3.8) is 0 Å². The summed E-state index contributed by atoms with van der Waals surface area (Å²) in [6.07, 6.45) is 2.45. The summed E-state index contributed by atoms with van der Waals surface area (Å²) in [5.41, 5.74) is 0.958. The van der Waals surface area contributed by atoms with Crippen LogP contribution in [0.2, 0.25) is 5.02 Å². The maximum absolute atomic E-state index is 12.5. The Labute approximate surface area is 130 Å². The second-order valence-corrected chi connectivity index (χ2v) is 7.72. The number of amides is 1. The van der Waals surface area contributed by atoms with Crippen molar-refractivity contribution in [2.45, 2.75) is 25.4 Å². The SMILES string of the molecule is CN(Cc1ccc(Cl)cc1)C(=O)C1CCCN1S(C)(=O)=O. The molecule has 1 heterocycles. The molecule has 1 atom stereocenters. The molecule has 116 valence electrons. The number of likely N-dealkylation sites (N-methyl/N-ethyl adjacent to an activating group) is 1. The smallest absolute Gasteiger partial charge is 0.241 e. The molecule has 0 N–H and O–H groups in total. The number of hydrogen-bond donors (Lipinski definition) is 0. The van der Waals surface area contributed by atoms with Gasteiger partial charge in [-0.15, -0.1) is 0 Å². The molecule has 0 aromatic heterocycles. The Bertz CT molecular complexity index is 616. The van der Waals surface area contributed by atoms with E-state index in [1.807, 2.05) is 12.1 Å². The molecule has 1 unspecified atom stereocenters. The number of rotatable bonds is 4. The van der Waals surface area contributed by atoms with Crippen molar-refractivity contribution in [2.24, 2.45) is 0 Å². The van der Waals surface area contributed by atoms with Crippen molar-refractivity contribution in [1.29, 1.82) is 0 Å². The molecule has 1 aromatic rings. The van der Waals surface area contributed by atoms with Crippen molar-refractivity contribution < 1.29 is 13.2 Å². The largest absolute Gasteiger partial charge is 0.340 e. The van der Waals surface area contributed by atoms with Gasteiger partial charge in [-0.2, -0.15) is 4.31 Å². The molecule has 1 aliphatic heterocycles. The van der Waals surface area contributed by atoms with Crippen molar-refractivity contribution in [2.75, 3.05) is 19.8 Å². The number of sulfonamides is 1. The Morgan fingerprint density at radius 1 is 1.38 bits per heavy atom. The molecule has 1 fully saturated rings. The average molecular weight is 331 g/mol. The highest BCUT2D eigenvalue weighted by atomic mass is 35.5. The third kappa shape index (κ3) is 3.96. The molecule has 0 saturated carbocycles. The minimum Gasteiger partial charge on any atom is -0.340 e. The molecule has 0 bridgehead atoms. The van der Waals surface area contributed by atoms with Crippen molar-refractivity contribution >= 4 is 27.5 Å². The van der Waals surface area contributed by atoms with Crippen molar-refractivity contribution in [3.05, 3.63) is 34.9 Å². The summed E-state index contributed by atoms with van der Waals surface area (Å²) in [5.74, 6) is -0.159. The first-order valence-corrected chi connectivity index (χ1v) is 8.98. The standard InChI is InChI=1S/C14H19ClN2O3S/c1-16(10-11-5-7-12(15)8-6-11)14(18)13-4-3-9-17(13)21(2,19)20/h5-8,13H,3-4,9-10H2,1-2H3. The summed E-state index contributed by atoms with van der Waals surface area (Å²) in [5, 5.41) is 0.645. The van der Waals surface area contributed by atoms with E-state index in [9.17, 15) is 13.2 Å². The van der Waals surface area contributed by atoms with Crippen LogP contribution in [-0.4, -0.2) is 49.4 Å². The van der Waals surface area contributed by atoms with Gasteiger partial charge in [-0.1, -0.05) is 23.7 Å². The molecular formula is C14H19ClN2O3S. The molecule has 5 nitrogen and oxygen atoms in total. The van der Waals surface area contributed by atoms with Gasteiger partial charge in [-0.05, 0) is 30.5 Å². The van der Waals surface area contributed by atoms with Gasteiger partial charge in [0.2, 0.25) is 15.9 Å². The lowest BCUT2D eigenvalue weighted by Gasteiger charge is -2.26. The lowest BCUT2D eigenvalue weighted by molar-refractivity contribution is -0.133. The van der Waals surface area contributed by atoms with Crippen LogP contribution in [0, 0.1) is 0 Å². The van der Waals surface area contributed by atoms with Gasteiger partial charge in [0.15, 0.2) is 0 Å². The topological polar surface area (TPSA) is 57.7 Å². The lowest BCUT2D eigenvalue weighted by atomic mass is 10.1. The van der Waals surface area contributed by atoms with Crippen LogP contribution >= 0.6 is 11.6 Å². The van der Waals surface area contributed by atoms with Gasteiger partial charge in [-0.25, -0.2) is 8.42 Å². The van der Waals surface area contributed by atoms with E-state index in [0.29, 0.717) is 24.5 Å². The Balaban J connectivity index is 2.07. The zero-order chi connectivity index (χ0) is 15.6. The Kier molecular flexibility index (Phi) is 4.91. The van der Waals surface area contributed by atoms with Gasteiger partial charge in [0.25, 0.3) is 0 Å². The number of benzene rings is 1. The molecule has 2 rings (SSSR count). The van der Waals surface area contributed by atoms with Crippen LogP contribution < -0.4 is 0 Å². The van der Waals surface area contributed by atoms with E-state index in [1.165, 1.54) is 4.31 Å². The highest BCUT2D eigenvalue weighted by molar-refractivity contribution is 7.88. The number of nitrogens with zero attached hydrogens (tertiary/aromatic N) is 2. The van der Waals surface area contributed by atoms with E-state index in [2.05, 4.69) is 0 Å². The number of halogens is 1. The van der Waals surface area contributed by atoms with Gasteiger partial charge < -0.3 is 4.90 Å². The molecule has 1 aromatic carbocycles. The van der Waals surface area contributed by atoms with Crippen molar-refractivity contribution in [1.82, 2.24) is 9.21 Å². The zero-order valence-corrected chi connectivity index (χ0v) is 13.7. The molecule has 1 saturated heterocycles. The summed E-state index contributed by atoms with van der Waals surface area (Å²) >= 11 is 5.83. The summed E-state index contributed by atoms with van der Waals surface area (Å²) in [6, 6.07) is 6.68. The highest BCUT2D eigenvalue weighted by Crippen LogP contribution is 2.22. The zero-order valence-electron chi connectivity index (χ0n) is 12.1. The predicted octanol–water partition coefficient (Wildman–Crippen LogP) is 1.72. The van der Waals surface area contributed by atoms with E-state index in [4.69, 9.17) is 11.6 Å². The van der Waals surface area contributed by atoms with Crippen LogP contribution in [0.25, 0.3) is 0 Å². The molecular weight excluding hydrogens is 312 g/mol. The minimum absolute atomic E-state index is 0.159. The predicted molar refractivity (Wildman–Crippen MR) is 82.5 cm³/mol. The van der Waals surface area contributed by atoms with Gasteiger partial charge in [0.05, 0.1) is 6.26 Å². The normalized spacial score (nSPS) is 19.7. The second-order valence-electron chi connectivity index (χ2n) is 5.35. The van der Waals surface area contributed by atoms with Crippen LogP contribution in [-0.2, 0) is 21.4 Å². The fraction of sp³-hybridized carbons (Fsp3) is 0.500. The van der Waals surface area contributed by atoms with Crippen LogP contribution in [0.1, 0.15) is 18.4 Å². The Hall–Kier alpha value is -1.11. The summed E-state index contributed by atoms with van der Waals surface area (Å²) in [4.78, 5) is 14.0. The van der Waals surface area contributed by atoms with Gasteiger partial charge >= 0.3 is 0 Å². The van der Waals surface area contributed by atoms with E-state index >= 15 is 0 Å². The first-order valence-electron chi connectivity index (χ1n) is 6.75. The molecule has 7 heteroatoms. The molecule has 21 heavy (non-hydrogen) atoms. The van der Waals surface area contributed by atoms with Crippen molar-refractivity contribution in [3.8, 4) is 0 Å². The molecule has 1 amide bonds. The minimum atomic E-state index is -3.34. The maximum atomic E-state index is 12.5. The Morgan fingerprint density at radius 2 is 2.00 bits per heavy atom. The van der Waals surface area contributed by atoms with Crippen LogP contribution in [0.15, 0.2) is 24.3 Å². The number of carbonyl (C=O) groups is 1. The fourth-order valence-electron chi connectivity index (χ4n) is 2.58. The summed E-state index contributed by atoms with van der Waals surface area (Å²) < 4.78 is 24.7. The van der Waals surface area contributed by atoms with E-state index < -0.39 is 16.1 Å². The number of hydrogen-bond acceptors (Lipinski definition) is 3. The monoisotopic (exact) mass is 330 g/mol. The summed E-state index contributed by atoms with van der Waals surface area (Å²) in [7, 11) is -1.65. The average Bonchev–Trinajstić information content (AvgIpc) is 2.89. The van der Waals surface area contributed by atoms with Crippen LogP contribution in [0.3, 0.4) is 0 Å². The van der Waals surface area contributed by atoms with Crippen LogP contribution in [0.4, 0.5) is 0 Å². The third-order valence-electron chi connectivity index (χ3n) is 3.62. The second kappa shape index (κ2) is 6.34. The quantitative estimate of drug-likeness (QED) is 0.844. The maximum Gasteiger partial charge on any atom is 0.241 e. The van der Waals surface area contributed by atoms with E-state index in [-0.39, 0.29) is 5.91 Å². The van der Waals surface area contributed by atoms with Gasteiger partial charge in [0.1, 0.15) is 6.04 Å². The van der Waals surface area contributed by atoms with E-state index in [1.54, 1.807) is 24.1 Å². The molecule has 0 aliphatic carbocycles. The highest BCUT2D eigenvalue weighted by Gasteiger charge is 2.37.